The lowest BCUT2D eigenvalue weighted by atomic mass is 9.96. The summed E-state index contributed by atoms with van der Waals surface area (Å²) in [6.07, 6.45) is 1.37. The van der Waals surface area contributed by atoms with Gasteiger partial charge in [0.1, 0.15) is 17.7 Å². The van der Waals surface area contributed by atoms with Crippen LogP contribution in [-0.2, 0) is 4.79 Å². The third-order valence-electron chi connectivity index (χ3n) is 4.28. The molecule has 0 aromatic heterocycles. The molecule has 0 bridgehead atoms. The van der Waals surface area contributed by atoms with Crippen LogP contribution < -0.4 is 0 Å². The van der Waals surface area contributed by atoms with E-state index in [0.29, 0.717) is 13.0 Å². The average Bonchev–Trinajstić information content (AvgIpc) is 3.01. The van der Waals surface area contributed by atoms with E-state index in [2.05, 4.69) is 0 Å². The van der Waals surface area contributed by atoms with Crippen molar-refractivity contribution in [3.63, 3.8) is 0 Å². The van der Waals surface area contributed by atoms with Gasteiger partial charge in [0.25, 0.3) is 0 Å². The highest BCUT2D eigenvalue weighted by atomic mass is 19.1. The zero-order valence-corrected chi connectivity index (χ0v) is 12.5. The third kappa shape index (κ3) is 3.24. The Morgan fingerprint density at radius 1 is 1.00 bits per heavy atom. The molecule has 0 aliphatic carbocycles. The molecule has 2 aromatic carbocycles. The smallest absolute Gasteiger partial charge is 0.320 e. The normalized spacial score (nSPS) is 18.5. The first kappa shape index (κ1) is 15.6. The Hall–Kier alpha value is -2.27. The number of carbonyl (C=O) groups is 1. The molecular formula is C18H17F2NO2. The molecule has 5 heteroatoms. The molecule has 1 aliphatic heterocycles. The van der Waals surface area contributed by atoms with Gasteiger partial charge in [0.05, 0.1) is 6.04 Å². The van der Waals surface area contributed by atoms with Gasteiger partial charge in [0.15, 0.2) is 0 Å². The highest BCUT2D eigenvalue weighted by molar-refractivity contribution is 5.74. The number of benzene rings is 2. The minimum Gasteiger partial charge on any atom is -0.480 e. The van der Waals surface area contributed by atoms with E-state index in [1.165, 1.54) is 24.3 Å². The first-order chi connectivity index (χ1) is 11.1. The summed E-state index contributed by atoms with van der Waals surface area (Å²) in [5, 5.41) is 9.45. The van der Waals surface area contributed by atoms with Gasteiger partial charge in [-0.05, 0) is 48.2 Å². The van der Waals surface area contributed by atoms with Gasteiger partial charge < -0.3 is 5.11 Å². The Balaban J connectivity index is 2.04. The Kier molecular flexibility index (Phi) is 4.39. The maximum atomic E-state index is 13.2. The van der Waals surface area contributed by atoms with E-state index in [0.717, 1.165) is 17.5 Å². The standard InChI is InChI=1S/C18H17F2NO2/c19-14-7-3-12(4-8-14)17(13-5-9-15(20)10-6-13)21-11-1-2-16(21)18(22)23/h3-10,16-17H,1-2,11H2,(H,22,23). The molecule has 0 amide bonds. The summed E-state index contributed by atoms with van der Waals surface area (Å²) >= 11 is 0. The largest absolute Gasteiger partial charge is 0.480 e. The summed E-state index contributed by atoms with van der Waals surface area (Å²) in [7, 11) is 0. The van der Waals surface area contributed by atoms with Crippen LogP contribution in [0.2, 0.25) is 0 Å². The Morgan fingerprint density at radius 2 is 1.48 bits per heavy atom. The van der Waals surface area contributed by atoms with Gasteiger partial charge in [-0.3, -0.25) is 9.69 Å². The van der Waals surface area contributed by atoms with Gasteiger partial charge in [0.2, 0.25) is 0 Å². The van der Waals surface area contributed by atoms with Crippen LogP contribution in [0.3, 0.4) is 0 Å². The van der Waals surface area contributed by atoms with E-state index in [4.69, 9.17) is 0 Å². The summed E-state index contributed by atoms with van der Waals surface area (Å²) in [6.45, 7) is 0.635. The highest BCUT2D eigenvalue weighted by Gasteiger charge is 2.36. The number of hydrogen-bond acceptors (Lipinski definition) is 2. The van der Waals surface area contributed by atoms with E-state index in [1.54, 1.807) is 24.3 Å². The number of halogens is 2. The lowest BCUT2D eigenvalue weighted by Gasteiger charge is -2.32. The molecule has 1 unspecified atom stereocenters. The minimum atomic E-state index is -0.864. The lowest BCUT2D eigenvalue weighted by molar-refractivity contribution is -0.142. The number of carboxylic acid groups (broad SMARTS) is 1. The highest BCUT2D eigenvalue weighted by Crippen LogP contribution is 2.35. The second-order valence-corrected chi connectivity index (χ2v) is 5.74. The van der Waals surface area contributed by atoms with Crippen molar-refractivity contribution in [1.29, 1.82) is 0 Å². The molecule has 3 nitrogen and oxygen atoms in total. The predicted molar refractivity (Wildman–Crippen MR) is 82.0 cm³/mol. The average molecular weight is 317 g/mol. The summed E-state index contributed by atoms with van der Waals surface area (Å²) in [5.74, 6) is -1.55. The van der Waals surface area contributed by atoms with Gasteiger partial charge >= 0.3 is 5.97 Å². The molecule has 0 saturated carbocycles. The van der Waals surface area contributed by atoms with Crippen LogP contribution in [0.4, 0.5) is 8.78 Å². The van der Waals surface area contributed by atoms with Crippen molar-refractivity contribution in [2.45, 2.75) is 24.9 Å². The van der Waals surface area contributed by atoms with Crippen molar-refractivity contribution in [2.24, 2.45) is 0 Å². The molecule has 1 fully saturated rings. The molecule has 1 heterocycles. The molecule has 2 aromatic rings. The van der Waals surface area contributed by atoms with Gasteiger partial charge in [-0.1, -0.05) is 24.3 Å². The molecule has 120 valence electrons. The Bertz CT molecular complexity index is 640. The molecular weight excluding hydrogens is 300 g/mol. The number of rotatable bonds is 4. The summed E-state index contributed by atoms with van der Waals surface area (Å²) in [5.41, 5.74) is 1.59. The molecule has 1 N–H and O–H groups in total. The first-order valence-electron chi connectivity index (χ1n) is 7.56. The second kappa shape index (κ2) is 6.46. The number of hydrogen-bond donors (Lipinski definition) is 1. The van der Waals surface area contributed by atoms with Crippen molar-refractivity contribution >= 4 is 5.97 Å². The maximum absolute atomic E-state index is 13.2. The van der Waals surface area contributed by atoms with Crippen molar-refractivity contribution in [2.75, 3.05) is 6.54 Å². The van der Waals surface area contributed by atoms with Gasteiger partial charge in [-0.25, -0.2) is 8.78 Å². The van der Waals surface area contributed by atoms with Crippen LogP contribution in [-0.4, -0.2) is 28.6 Å². The van der Waals surface area contributed by atoms with E-state index in [9.17, 15) is 18.7 Å². The van der Waals surface area contributed by atoms with Crippen LogP contribution in [0.5, 0.6) is 0 Å². The van der Waals surface area contributed by atoms with Crippen LogP contribution in [0.25, 0.3) is 0 Å². The molecule has 0 spiro atoms. The quantitative estimate of drug-likeness (QED) is 0.936. The molecule has 1 atom stereocenters. The van der Waals surface area contributed by atoms with Crippen molar-refractivity contribution < 1.29 is 18.7 Å². The van der Waals surface area contributed by atoms with E-state index in [-0.39, 0.29) is 17.7 Å². The topological polar surface area (TPSA) is 40.5 Å². The molecule has 0 radical (unpaired) electrons. The van der Waals surface area contributed by atoms with E-state index >= 15 is 0 Å². The molecule has 3 rings (SSSR count). The van der Waals surface area contributed by atoms with Crippen molar-refractivity contribution in [3.8, 4) is 0 Å². The fraction of sp³-hybridized carbons (Fsp3) is 0.278. The molecule has 1 aliphatic rings. The summed E-state index contributed by atoms with van der Waals surface area (Å²) in [6, 6.07) is 11.1. The van der Waals surface area contributed by atoms with Gasteiger partial charge in [-0.15, -0.1) is 0 Å². The Morgan fingerprint density at radius 3 is 1.91 bits per heavy atom. The van der Waals surface area contributed by atoms with Crippen LogP contribution >= 0.6 is 0 Å². The van der Waals surface area contributed by atoms with Crippen LogP contribution in [0.15, 0.2) is 48.5 Å². The van der Waals surface area contributed by atoms with E-state index in [1.807, 2.05) is 4.90 Å². The SMILES string of the molecule is O=C(O)C1CCCN1C(c1ccc(F)cc1)c1ccc(F)cc1. The number of carboxylic acids is 1. The molecule has 23 heavy (non-hydrogen) atoms. The monoisotopic (exact) mass is 317 g/mol. The lowest BCUT2D eigenvalue weighted by Crippen LogP contribution is -2.39. The van der Waals surface area contributed by atoms with Gasteiger partial charge in [0, 0.05) is 6.54 Å². The number of aliphatic carboxylic acids is 1. The van der Waals surface area contributed by atoms with Gasteiger partial charge in [-0.2, -0.15) is 0 Å². The zero-order valence-electron chi connectivity index (χ0n) is 12.5. The summed E-state index contributed by atoms with van der Waals surface area (Å²) in [4.78, 5) is 13.4. The first-order valence-corrected chi connectivity index (χ1v) is 7.56. The predicted octanol–water partition coefficient (Wildman–Crippen LogP) is 3.60. The second-order valence-electron chi connectivity index (χ2n) is 5.74. The van der Waals surface area contributed by atoms with Crippen molar-refractivity contribution in [1.82, 2.24) is 4.90 Å². The minimum absolute atomic E-state index is 0.334. The summed E-state index contributed by atoms with van der Waals surface area (Å²) < 4.78 is 26.5. The van der Waals surface area contributed by atoms with E-state index < -0.39 is 12.0 Å². The number of nitrogens with zero attached hydrogens (tertiary/aromatic N) is 1. The van der Waals surface area contributed by atoms with Crippen LogP contribution in [0, 0.1) is 11.6 Å². The fourth-order valence-electron chi connectivity index (χ4n) is 3.23. The van der Waals surface area contributed by atoms with Crippen molar-refractivity contribution in [3.05, 3.63) is 71.3 Å². The molecule has 1 saturated heterocycles. The third-order valence-corrected chi connectivity index (χ3v) is 4.28. The maximum Gasteiger partial charge on any atom is 0.320 e. The zero-order chi connectivity index (χ0) is 16.4. The van der Waals surface area contributed by atoms with Crippen LogP contribution in [0.1, 0.15) is 30.0 Å². The number of likely N-dealkylation sites (tertiary alicyclic amines) is 1. The fourth-order valence-corrected chi connectivity index (χ4v) is 3.23. The Labute approximate surface area is 133 Å².